The number of nitrogens with two attached hydrogens (primary N) is 1. The smallest absolute Gasteiger partial charge is 0.348 e. The predicted octanol–water partition coefficient (Wildman–Crippen LogP) is 3.09. The number of halogens is 3. The number of hydrogen-bond acceptors (Lipinski definition) is 1. The molecular weight excluding hydrogens is 241 g/mol. The maximum atomic E-state index is 12.9. The molecule has 1 unspecified atom stereocenters. The molecule has 0 bridgehead atoms. The molecule has 1 heterocycles. The number of alkyl halides is 3. The molecule has 2 nitrogen and oxygen atoms in total. The molecule has 0 amide bonds. The minimum Gasteiger partial charge on any atom is -0.348 e. The average molecular weight is 256 g/mol. The van der Waals surface area contributed by atoms with Crippen LogP contribution in [-0.2, 0) is 19.6 Å². The lowest BCUT2D eigenvalue weighted by Crippen LogP contribution is -2.19. The molecule has 2 N–H and O–H groups in total. The zero-order valence-electron chi connectivity index (χ0n) is 10.3. The van der Waals surface area contributed by atoms with Crippen molar-refractivity contribution in [2.45, 2.75) is 25.6 Å². The zero-order chi connectivity index (χ0) is 13.5. The molecule has 0 saturated carbocycles. The molecule has 1 atom stereocenters. The number of hydrogen-bond donors (Lipinski definition) is 1. The lowest BCUT2D eigenvalue weighted by molar-refractivity contribution is -0.136. The highest BCUT2D eigenvalue weighted by Gasteiger charge is 2.33. The van der Waals surface area contributed by atoms with Gasteiger partial charge in [-0.3, -0.25) is 0 Å². The van der Waals surface area contributed by atoms with E-state index in [1.807, 2.05) is 6.92 Å². The largest absolute Gasteiger partial charge is 0.417 e. The summed E-state index contributed by atoms with van der Waals surface area (Å²) in [4.78, 5) is 0. The summed E-state index contributed by atoms with van der Waals surface area (Å²) in [5, 5.41) is 0.239. The lowest BCUT2D eigenvalue weighted by atomic mass is 10.1. The predicted molar refractivity (Wildman–Crippen MR) is 65.3 cm³/mol. The lowest BCUT2D eigenvalue weighted by Gasteiger charge is -2.08. The van der Waals surface area contributed by atoms with E-state index in [-0.39, 0.29) is 11.4 Å². The van der Waals surface area contributed by atoms with Crippen molar-refractivity contribution in [3.63, 3.8) is 0 Å². The van der Waals surface area contributed by atoms with Crippen LogP contribution < -0.4 is 5.73 Å². The molecule has 2 aromatic rings. The van der Waals surface area contributed by atoms with E-state index in [4.69, 9.17) is 5.73 Å². The number of rotatable bonds is 2. The van der Waals surface area contributed by atoms with Gasteiger partial charge in [0.05, 0.1) is 5.56 Å². The van der Waals surface area contributed by atoms with Gasteiger partial charge in [0, 0.05) is 36.1 Å². The number of aromatic nitrogens is 1. The third kappa shape index (κ3) is 2.22. The first kappa shape index (κ1) is 13.0. The van der Waals surface area contributed by atoms with Crippen LogP contribution in [0.5, 0.6) is 0 Å². The quantitative estimate of drug-likeness (QED) is 0.879. The molecule has 0 saturated heterocycles. The Morgan fingerprint density at radius 3 is 2.56 bits per heavy atom. The second kappa shape index (κ2) is 4.31. The van der Waals surface area contributed by atoms with Crippen LogP contribution in [0.2, 0.25) is 0 Å². The van der Waals surface area contributed by atoms with Crippen molar-refractivity contribution in [3.8, 4) is 0 Å². The highest BCUT2D eigenvalue weighted by molar-refractivity contribution is 5.85. The average Bonchev–Trinajstić information content (AvgIpc) is 2.54. The molecule has 0 aliphatic rings. The molecule has 0 fully saturated rings. The summed E-state index contributed by atoms with van der Waals surface area (Å²) in [6.45, 7) is 1.84. The van der Waals surface area contributed by atoms with Crippen molar-refractivity contribution in [2.75, 3.05) is 0 Å². The van der Waals surface area contributed by atoms with E-state index in [9.17, 15) is 13.2 Å². The van der Waals surface area contributed by atoms with Gasteiger partial charge in [-0.05, 0) is 25.1 Å². The van der Waals surface area contributed by atoms with Gasteiger partial charge < -0.3 is 10.3 Å². The van der Waals surface area contributed by atoms with Crippen LogP contribution in [0, 0.1) is 0 Å². The Balaban J connectivity index is 2.64. The van der Waals surface area contributed by atoms with E-state index in [1.165, 1.54) is 6.07 Å². The maximum Gasteiger partial charge on any atom is 0.417 e. The van der Waals surface area contributed by atoms with Gasteiger partial charge in [0.25, 0.3) is 0 Å². The second-order valence-electron chi connectivity index (χ2n) is 4.61. The molecule has 1 aromatic heterocycles. The highest BCUT2D eigenvalue weighted by atomic mass is 19.4. The third-order valence-electron chi connectivity index (χ3n) is 3.02. The van der Waals surface area contributed by atoms with Crippen LogP contribution in [0.1, 0.15) is 18.2 Å². The van der Waals surface area contributed by atoms with Crippen LogP contribution in [0.15, 0.2) is 24.3 Å². The summed E-state index contributed by atoms with van der Waals surface area (Å²) < 4.78 is 40.4. The Labute approximate surface area is 103 Å². The molecule has 0 radical (unpaired) electrons. The van der Waals surface area contributed by atoms with E-state index in [0.717, 1.165) is 11.8 Å². The van der Waals surface area contributed by atoms with Gasteiger partial charge in [-0.2, -0.15) is 13.2 Å². The first-order chi connectivity index (χ1) is 8.30. The Hall–Kier alpha value is -1.49. The summed E-state index contributed by atoms with van der Waals surface area (Å²) in [6.07, 6.45) is -3.77. The molecule has 0 aliphatic heterocycles. The first-order valence-electron chi connectivity index (χ1n) is 5.71. The maximum absolute atomic E-state index is 12.9. The minimum absolute atomic E-state index is 0.0812. The molecule has 1 aromatic carbocycles. The SMILES string of the molecule is CC(N)Cc1cc2c(C(F)(F)F)cccc2n1C. The number of aryl methyl sites for hydroxylation is 1. The molecule has 2 rings (SSSR count). The van der Waals surface area contributed by atoms with Gasteiger partial charge in [0.2, 0.25) is 0 Å². The van der Waals surface area contributed by atoms with Crippen LogP contribution >= 0.6 is 0 Å². The van der Waals surface area contributed by atoms with Crippen molar-refractivity contribution >= 4 is 10.9 Å². The Bertz CT molecular complexity index is 567. The second-order valence-corrected chi connectivity index (χ2v) is 4.61. The summed E-state index contributed by atoms with van der Waals surface area (Å²) in [5.74, 6) is 0. The fourth-order valence-corrected chi connectivity index (χ4v) is 2.19. The van der Waals surface area contributed by atoms with Gasteiger partial charge in [-0.25, -0.2) is 0 Å². The van der Waals surface area contributed by atoms with Crippen molar-refractivity contribution in [3.05, 3.63) is 35.5 Å². The van der Waals surface area contributed by atoms with Crippen molar-refractivity contribution < 1.29 is 13.2 Å². The highest BCUT2D eigenvalue weighted by Crippen LogP contribution is 2.35. The van der Waals surface area contributed by atoms with Gasteiger partial charge >= 0.3 is 6.18 Å². The van der Waals surface area contributed by atoms with Gasteiger partial charge in [-0.1, -0.05) is 6.07 Å². The van der Waals surface area contributed by atoms with Gasteiger partial charge in [-0.15, -0.1) is 0 Å². The van der Waals surface area contributed by atoms with Gasteiger partial charge in [0.15, 0.2) is 0 Å². The fourth-order valence-electron chi connectivity index (χ4n) is 2.19. The Morgan fingerprint density at radius 2 is 2.00 bits per heavy atom. The summed E-state index contributed by atoms with van der Waals surface area (Å²) in [5.41, 5.74) is 6.51. The number of nitrogens with zero attached hydrogens (tertiary/aromatic N) is 1. The van der Waals surface area contributed by atoms with Crippen LogP contribution in [0.4, 0.5) is 13.2 Å². The van der Waals surface area contributed by atoms with E-state index >= 15 is 0 Å². The fraction of sp³-hybridized carbons (Fsp3) is 0.385. The standard InChI is InChI=1S/C13H15F3N2/c1-8(17)6-9-7-10-11(13(14,15)16)4-3-5-12(10)18(9)2/h3-5,7-8H,6,17H2,1-2H3. The third-order valence-corrected chi connectivity index (χ3v) is 3.02. The van der Waals surface area contributed by atoms with Crippen LogP contribution in [0.25, 0.3) is 10.9 Å². The molecular formula is C13H15F3N2. The van der Waals surface area contributed by atoms with Crippen LogP contribution in [0.3, 0.4) is 0 Å². The summed E-state index contributed by atoms with van der Waals surface area (Å²) in [7, 11) is 1.76. The topological polar surface area (TPSA) is 30.9 Å². The van der Waals surface area contributed by atoms with Crippen molar-refractivity contribution in [2.24, 2.45) is 12.8 Å². The summed E-state index contributed by atoms with van der Waals surface area (Å²) >= 11 is 0. The van der Waals surface area contributed by atoms with Crippen molar-refractivity contribution in [1.82, 2.24) is 4.57 Å². The van der Waals surface area contributed by atoms with E-state index in [2.05, 4.69) is 0 Å². The Morgan fingerprint density at radius 1 is 1.33 bits per heavy atom. The van der Waals surface area contributed by atoms with E-state index in [1.54, 1.807) is 23.7 Å². The number of benzene rings is 1. The monoisotopic (exact) mass is 256 g/mol. The molecule has 5 heteroatoms. The van der Waals surface area contributed by atoms with Gasteiger partial charge in [0.1, 0.15) is 0 Å². The first-order valence-corrected chi connectivity index (χ1v) is 5.71. The van der Waals surface area contributed by atoms with E-state index < -0.39 is 11.7 Å². The molecule has 0 spiro atoms. The molecule has 0 aliphatic carbocycles. The zero-order valence-corrected chi connectivity index (χ0v) is 10.3. The van der Waals surface area contributed by atoms with E-state index in [0.29, 0.717) is 11.9 Å². The number of fused-ring (bicyclic) bond motifs is 1. The molecule has 98 valence electrons. The van der Waals surface area contributed by atoms with Crippen molar-refractivity contribution in [1.29, 1.82) is 0 Å². The Kier molecular flexibility index (Phi) is 3.11. The van der Waals surface area contributed by atoms with Crippen LogP contribution in [-0.4, -0.2) is 10.6 Å². The minimum atomic E-state index is -4.33. The normalized spacial score (nSPS) is 14.1. The summed E-state index contributed by atoms with van der Waals surface area (Å²) in [6, 6.07) is 5.73. The molecule has 18 heavy (non-hydrogen) atoms.